The van der Waals surface area contributed by atoms with E-state index >= 15 is 0 Å². The smallest absolute Gasteiger partial charge is 0.272 e. The van der Waals surface area contributed by atoms with Crippen LogP contribution in [0.5, 0.6) is 0 Å². The van der Waals surface area contributed by atoms with Crippen molar-refractivity contribution in [3.05, 3.63) is 61.1 Å². The average Bonchev–Trinajstić information content (AvgIpc) is 3.22. The fourth-order valence-electron chi connectivity index (χ4n) is 3.65. The molecule has 0 aliphatic heterocycles. The maximum Gasteiger partial charge on any atom is 0.272 e. The molecular formula is C22H15F3N6O. The van der Waals surface area contributed by atoms with Gasteiger partial charge < -0.3 is 8.98 Å². The highest BCUT2D eigenvalue weighted by atomic mass is 19.3. The van der Waals surface area contributed by atoms with Gasteiger partial charge in [-0.1, -0.05) is 0 Å². The third kappa shape index (κ3) is 3.06. The van der Waals surface area contributed by atoms with E-state index in [2.05, 4.69) is 20.1 Å². The van der Waals surface area contributed by atoms with E-state index in [1.807, 2.05) is 13.2 Å². The Labute approximate surface area is 179 Å². The zero-order chi connectivity index (χ0) is 22.0. The van der Waals surface area contributed by atoms with Crippen LogP contribution in [0.3, 0.4) is 0 Å². The maximum atomic E-state index is 13.7. The third-order valence-corrected chi connectivity index (χ3v) is 5.43. The summed E-state index contributed by atoms with van der Waals surface area (Å²) in [6, 6.07) is 6.44. The van der Waals surface area contributed by atoms with Crippen LogP contribution in [0, 0.1) is 5.82 Å². The van der Waals surface area contributed by atoms with Gasteiger partial charge in [-0.3, -0.25) is 4.68 Å². The van der Waals surface area contributed by atoms with Crippen LogP contribution < -0.4 is 0 Å². The van der Waals surface area contributed by atoms with Gasteiger partial charge in [0, 0.05) is 37.6 Å². The summed E-state index contributed by atoms with van der Waals surface area (Å²) in [6.45, 7) is 0. The second-order valence-corrected chi connectivity index (χ2v) is 7.85. The van der Waals surface area contributed by atoms with Gasteiger partial charge in [0.2, 0.25) is 5.71 Å². The summed E-state index contributed by atoms with van der Waals surface area (Å²) in [5.74, 6) is -2.39. The highest BCUT2D eigenvalue weighted by Crippen LogP contribution is 2.52. The summed E-state index contributed by atoms with van der Waals surface area (Å²) in [5.41, 5.74) is 2.41. The molecule has 7 nitrogen and oxygen atoms in total. The molecule has 0 N–H and O–H groups in total. The van der Waals surface area contributed by atoms with Gasteiger partial charge in [0.1, 0.15) is 23.2 Å². The number of halogens is 3. The summed E-state index contributed by atoms with van der Waals surface area (Å²) in [6.07, 6.45) is 6.32. The Morgan fingerprint density at radius 2 is 1.91 bits per heavy atom. The van der Waals surface area contributed by atoms with Gasteiger partial charge in [0.05, 0.1) is 17.3 Å². The number of hydrogen-bond donors (Lipinski definition) is 0. The number of fused-ring (bicyclic) bond motifs is 1. The highest BCUT2D eigenvalue weighted by molar-refractivity contribution is 5.82. The first-order valence-corrected chi connectivity index (χ1v) is 9.85. The van der Waals surface area contributed by atoms with Crippen LogP contribution in [-0.4, -0.2) is 35.2 Å². The van der Waals surface area contributed by atoms with Crippen molar-refractivity contribution in [2.45, 2.75) is 18.4 Å². The fraction of sp³-hybridized carbons (Fsp3) is 0.182. The van der Waals surface area contributed by atoms with Crippen molar-refractivity contribution < 1.29 is 17.6 Å². The maximum absolute atomic E-state index is 13.7. The lowest BCUT2D eigenvalue weighted by Crippen LogP contribution is -2.02. The van der Waals surface area contributed by atoms with Crippen molar-refractivity contribution in [2.75, 3.05) is 0 Å². The van der Waals surface area contributed by atoms with E-state index in [-0.39, 0.29) is 12.2 Å². The van der Waals surface area contributed by atoms with Crippen LogP contribution in [0.15, 0.2) is 59.7 Å². The molecule has 4 heterocycles. The Morgan fingerprint density at radius 3 is 2.59 bits per heavy atom. The lowest BCUT2D eigenvalue weighted by Gasteiger charge is -2.01. The molecule has 0 bridgehead atoms. The van der Waals surface area contributed by atoms with Gasteiger partial charge in [-0.15, -0.1) is 0 Å². The van der Waals surface area contributed by atoms with Gasteiger partial charge in [-0.25, -0.2) is 23.1 Å². The molecule has 160 valence electrons. The average molecular weight is 436 g/mol. The van der Waals surface area contributed by atoms with Crippen molar-refractivity contribution in [1.29, 1.82) is 0 Å². The molecular weight excluding hydrogens is 421 g/mol. The van der Waals surface area contributed by atoms with Crippen molar-refractivity contribution in [1.82, 2.24) is 29.3 Å². The minimum absolute atomic E-state index is 0.272. The Balaban J connectivity index is 1.47. The summed E-state index contributed by atoms with van der Waals surface area (Å²) in [7, 11) is 1.86. The van der Waals surface area contributed by atoms with E-state index in [4.69, 9.17) is 4.42 Å². The van der Waals surface area contributed by atoms with E-state index in [1.54, 1.807) is 35.3 Å². The molecule has 0 unspecified atom stereocenters. The predicted octanol–water partition coefficient (Wildman–Crippen LogP) is 4.87. The van der Waals surface area contributed by atoms with Crippen molar-refractivity contribution in [2.24, 2.45) is 7.05 Å². The van der Waals surface area contributed by atoms with Crippen molar-refractivity contribution in [3.8, 4) is 34.1 Å². The molecule has 1 fully saturated rings. The van der Waals surface area contributed by atoms with E-state index in [0.717, 1.165) is 0 Å². The first-order valence-electron chi connectivity index (χ1n) is 9.85. The van der Waals surface area contributed by atoms with Crippen LogP contribution in [-0.2, 0) is 7.05 Å². The zero-order valence-corrected chi connectivity index (χ0v) is 16.7. The fourth-order valence-corrected chi connectivity index (χ4v) is 3.65. The van der Waals surface area contributed by atoms with Crippen LogP contribution in [0.2, 0.25) is 0 Å². The molecule has 0 amide bonds. The molecule has 1 aromatic carbocycles. The topological polar surface area (TPSA) is 74.6 Å². The standard InChI is InChI=1S/C22H15F3N6O/c1-30-10-16(27-11-30)17-6-13-8-26-20(28-21(13)32-17)15-9-31(18-7-22(18,24)25)29-19(15)12-2-4-14(23)5-3-12/h2-6,8-11,18H,7H2,1H3/t18-/m0/s1. The first-order chi connectivity index (χ1) is 15.4. The van der Waals surface area contributed by atoms with Crippen molar-refractivity contribution in [3.63, 3.8) is 0 Å². The number of rotatable bonds is 4. The molecule has 32 heavy (non-hydrogen) atoms. The summed E-state index contributed by atoms with van der Waals surface area (Å²) in [4.78, 5) is 13.2. The molecule has 0 radical (unpaired) electrons. The number of nitrogens with zero attached hydrogens (tertiary/aromatic N) is 6. The highest BCUT2D eigenvalue weighted by Gasteiger charge is 2.59. The van der Waals surface area contributed by atoms with E-state index < -0.39 is 17.8 Å². The lowest BCUT2D eigenvalue weighted by molar-refractivity contribution is 0.0984. The Kier molecular flexibility index (Phi) is 3.83. The molecule has 1 aliphatic rings. The van der Waals surface area contributed by atoms with E-state index in [0.29, 0.717) is 39.4 Å². The van der Waals surface area contributed by atoms with Crippen LogP contribution in [0.4, 0.5) is 13.2 Å². The number of aryl methyl sites for hydroxylation is 1. The van der Waals surface area contributed by atoms with Gasteiger partial charge in [-0.2, -0.15) is 10.1 Å². The molecule has 1 atom stereocenters. The summed E-state index contributed by atoms with van der Waals surface area (Å²) < 4.78 is 49.7. The Bertz CT molecular complexity index is 1470. The molecule has 10 heteroatoms. The number of hydrogen-bond acceptors (Lipinski definition) is 5. The normalized spacial score (nSPS) is 17.2. The first kappa shape index (κ1) is 18.8. The quantitative estimate of drug-likeness (QED) is 0.402. The molecule has 1 aliphatic carbocycles. The SMILES string of the molecule is Cn1cnc(-c2cc3cnc(-c4cn([C@H]5CC5(F)F)nc4-c4ccc(F)cc4)nc3o2)c1. The number of imidazole rings is 1. The number of furan rings is 1. The van der Waals surface area contributed by atoms with Crippen molar-refractivity contribution >= 4 is 11.1 Å². The lowest BCUT2D eigenvalue weighted by atomic mass is 10.1. The van der Waals surface area contributed by atoms with Gasteiger partial charge >= 0.3 is 0 Å². The van der Waals surface area contributed by atoms with Gasteiger partial charge in [0.25, 0.3) is 5.92 Å². The molecule has 1 saturated carbocycles. The van der Waals surface area contributed by atoms with Crippen LogP contribution >= 0.6 is 0 Å². The second-order valence-electron chi connectivity index (χ2n) is 7.85. The minimum Gasteiger partial charge on any atom is -0.436 e. The number of alkyl halides is 2. The summed E-state index contributed by atoms with van der Waals surface area (Å²) in [5, 5.41) is 5.05. The minimum atomic E-state index is -2.80. The molecule has 0 spiro atoms. The Hall–Kier alpha value is -3.95. The van der Waals surface area contributed by atoms with Crippen LogP contribution in [0.25, 0.3) is 45.2 Å². The molecule has 5 aromatic rings. The van der Waals surface area contributed by atoms with E-state index in [9.17, 15) is 13.2 Å². The monoisotopic (exact) mass is 436 g/mol. The largest absolute Gasteiger partial charge is 0.436 e. The van der Waals surface area contributed by atoms with E-state index in [1.165, 1.54) is 23.0 Å². The molecule has 6 rings (SSSR count). The molecule has 0 saturated heterocycles. The van der Waals surface area contributed by atoms with Crippen LogP contribution in [0.1, 0.15) is 12.5 Å². The molecule has 4 aromatic heterocycles. The predicted molar refractivity (Wildman–Crippen MR) is 109 cm³/mol. The Morgan fingerprint density at radius 1 is 1.12 bits per heavy atom. The summed E-state index contributed by atoms with van der Waals surface area (Å²) >= 11 is 0. The number of benzene rings is 1. The number of aromatic nitrogens is 6. The van der Waals surface area contributed by atoms with Gasteiger partial charge in [-0.05, 0) is 30.3 Å². The second kappa shape index (κ2) is 6.52. The zero-order valence-electron chi connectivity index (χ0n) is 16.7. The third-order valence-electron chi connectivity index (χ3n) is 5.43. The van der Waals surface area contributed by atoms with Gasteiger partial charge in [0.15, 0.2) is 11.6 Å².